The van der Waals surface area contributed by atoms with Crippen LogP contribution in [0.2, 0.25) is 0 Å². The zero-order valence-corrected chi connectivity index (χ0v) is 33.4. The minimum atomic E-state index is 0.634. The van der Waals surface area contributed by atoms with Crippen molar-refractivity contribution in [2.24, 2.45) is 0 Å². The summed E-state index contributed by atoms with van der Waals surface area (Å²) in [6, 6.07) is 75.7. The number of nitrogens with zero attached hydrogens (tertiary/aromatic N) is 5. The van der Waals surface area contributed by atoms with Crippen LogP contribution < -0.4 is 0 Å². The van der Waals surface area contributed by atoms with Crippen molar-refractivity contribution in [2.45, 2.75) is 0 Å². The minimum Gasteiger partial charge on any atom is -0.309 e. The molecule has 0 atom stereocenters. The number of hydrogen-bond donors (Lipinski definition) is 0. The maximum absolute atomic E-state index is 5.15. The second-order valence-electron chi connectivity index (χ2n) is 15.9. The number of para-hydroxylation sites is 2. The normalized spacial score (nSPS) is 11.9. The number of hydrogen-bond acceptors (Lipinski definition) is 3. The summed E-state index contributed by atoms with van der Waals surface area (Å²) in [5, 5.41) is 12.0. The van der Waals surface area contributed by atoms with Crippen LogP contribution in [-0.2, 0) is 0 Å². The number of benzene rings is 10. The van der Waals surface area contributed by atoms with Crippen LogP contribution in [0.5, 0.6) is 0 Å². The van der Waals surface area contributed by atoms with E-state index in [-0.39, 0.29) is 0 Å². The lowest BCUT2D eigenvalue weighted by Crippen LogP contribution is -2.02. The Morgan fingerprint density at radius 3 is 1.50 bits per heavy atom. The van der Waals surface area contributed by atoms with Gasteiger partial charge in [0.05, 0.1) is 33.4 Å². The van der Waals surface area contributed by atoms with Gasteiger partial charge in [0.1, 0.15) is 0 Å². The fraction of sp³-hybridized carbons (Fsp3) is 0. The van der Waals surface area contributed by atoms with Gasteiger partial charge in [0.2, 0.25) is 0 Å². The van der Waals surface area contributed by atoms with Gasteiger partial charge in [0, 0.05) is 49.0 Å². The van der Waals surface area contributed by atoms with Crippen LogP contribution in [0.3, 0.4) is 0 Å². The van der Waals surface area contributed by atoms with Crippen molar-refractivity contribution in [1.82, 2.24) is 24.1 Å². The summed E-state index contributed by atoms with van der Waals surface area (Å²) in [6.45, 7) is 0. The molecule has 62 heavy (non-hydrogen) atoms. The topological polar surface area (TPSA) is 48.5 Å². The van der Waals surface area contributed by atoms with E-state index in [9.17, 15) is 0 Å². The molecule has 0 aliphatic carbocycles. The Morgan fingerprint density at radius 2 is 0.806 bits per heavy atom. The molecule has 0 bridgehead atoms. The molecule has 0 aliphatic rings. The Bertz CT molecular complexity index is 3860. The summed E-state index contributed by atoms with van der Waals surface area (Å²) in [4.78, 5) is 15.3. The third-order valence-corrected chi connectivity index (χ3v) is 12.5. The van der Waals surface area contributed by atoms with Gasteiger partial charge in [0.25, 0.3) is 0 Å². The largest absolute Gasteiger partial charge is 0.309 e. The molecule has 3 heterocycles. The Morgan fingerprint density at radius 1 is 0.290 bits per heavy atom. The molecular weight excluding hydrogens is 755 g/mol. The first-order chi connectivity index (χ1) is 30.8. The SMILES string of the molecule is c1ccc(-c2nc(-c3ccccc3)nc(-c3ccc(-n4c5ccccc5c5c(-n6c7ccccc7c7c8ccccc8ccc76)c6ccccc6cc54)c4ccccc34)n2)cc1. The van der Waals surface area contributed by atoms with E-state index in [1.807, 2.05) is 36.4 Å². The molecule has 0 fully saturated rings. The molecular formula is C57H35N5. The Labute approximate surface area is 356 Å². The van der Waals surface area contributed by atoms with Gasteiger partial charge in [-0.15, -0.1) is 0 Å². The minimum absolute atomic E-state index is 0.634. The van der Waals surface area contributed by atoms with E-state index in [1.165, 1.54) is 59.8 Å². The van der Waals surface area contributed by atoms with Gasteiger partial charge in [0.15, 0.2) is 17.5 Å². The van der Waals surface area contributed by atoms with Gasteiger partial charge in [-0.25, -0.2) is 15.0 Å². The molecule has 13 rings (SSSR count). The monoisotopic (exact) mass is 789 g/mol. The van der Waals surface area contributed by atoms with E-state index < -0.39 is 0 Å². The van der Waals surface area contributed by atoms with Crippen molar-refractivity contribution in [3.8, 4) is 45.5 Å². The second-order valence-corrected chi connectivity index (χ2v) is 15.9. The lowest BCUT2D eigenvalue weighted by atomic mass is 10.0. The highest BCUT2D eigenvalue weighted by Crippen LogP contribution is 2.46. The summed E-state index contributed by atoms with van der Waals surface area (Å²) in [5.74, 6) is 1.92. The van der Waals surface area contributed by atoms with Crippen LogP contribution in [0, 0.1) is 0 Å². The molecule has 3 aromatic heterocycles. The van der Waals surface area contributed by atoms with Gasteiger partial charge in [-0.2, -0.15) is 0 Å². The molecule has 0 aliphatic heterocycles. The van der Waals surface area contributed by atoms with Crippen LogP contribution in [0.25, 0.3) is 121 Å². The van der Waals surface area contributed by atoms with Crippen molar-refractivity contribution in [3.05, 3.63) is 212 Å². The van der Waals surface area contributed by atoms with Gasteiger partial charge >= 0.3 is 0 Å². The first-order valence-electron chi connectivity index (χ1n) is 21.0. The molecule has 5 nitrogen and oxygen atoms in total. The molecule has 0 radical (unpaired) electrons. The zero-order valence-electron chi connectivity index (χ0n) is 33.4. The molecule has 288 valence electrons. The van der Waals surface area contributed by atoms with Crippen molar-refractivity contribution in [3.63, 3.8) is 0 Å². The average molecular weight is 790 g/mol. The fourth-order valence-electron chi connectivity index (χ4n) is 9.84. The molecule has 0 spiro atoms. The summed E-state index contributed by atoms with van der Waals surface area (Å²) < 4.78 is 4.99. The number of aromatic nitrogens is 5. The standard InChI is InChI=1S/C57H35N5/c1-3-18-37(19-4-1)55-58-56(38-20-5-2-6-21-38)60-57(59-55)44-32-34-49(43-26-12-11-25-42(43)44)61-47-29-15-14-28-46(47)53-51(61)35-39-22-8-10-24-41(39)54(53)62-48-30-16-13-27-45(48)52-40-23-9-7-17-36(40)31-33-50(52)62/h1-35H. The molecule has 0 unspecified atom stereocenters. The van der Waals surface area contributed by atoms with Crippen LogP contribution in [-0.4, -0.2) is 24.1 Å². The third-order valence-electron chi connectivity index (χ3n) is 12.5. The molecule has 13 aromatic rings. The maximum atomic E-state index is 5.15. The van der Waals surface area contributed by atoms with Crippen LogP contribution in [0.1, 0.15) is 0 Å². The summed E-state index contributed by atoms with van der Waals surface area (Å²) >= 11 is 0. The van der Waals surface area contributed by atoms with Crippen molar-refractivity contribution < 1.29 is 0 Å². The van der Waals surface area contributed by atoms with Crippen molar-refractivity contribution in [2.75, 3.05) is 0 Å². The highest BCUT2D eigenvalue weighted by atomic mass is 15.0. The zero-order chi connectivity index (χ0) is 40.7. The fourth-order valence-corrected chi connectivity index (χ4v) is 9.84. The quantitative estimate of drug-likeness (QED) is 0.174. The maximum Gasteiger partial charge on any atom is 0.164 e. The summed E-state index contributed by atoms with van der Waals surface area (Å²) in [6.07, 6.45) is 0. The van der Waals surface area contributed by atoms with E-state index in [0.29, 0.717) is 17.5 Å². The van der Waals surface area contributed by atoms with Crippen LogP contribution in [0.4, 0.5) is 0 Å². The summed E-state index contributed by atoms with van der Waals surface area (Å²) in [7, 11) is 0. The molecule has 0 N–H and O–H groups in total. The third kappa shape index (κ3) is 5.12. The number of fused-ring (bicyclic) bond motifs is 10. The van der Waals surface area contributed by atoms with E-state index in [1.54, 1.807) is 0 Å². The Kier molecular flexibility index (Phi) is 7.54. The van der Waals surface area contributed by atoms with Gasteiger partial charge in [-0.1, -0.05) is 176 Å². The lowest BCUT2D eigenvalue weighted by Gasteiger charge is -2.17. The highest BCUT2D eigenvalue weighted by molar-refractivity contribution is 6.25. The van der Waals surface area contributed by atoms with E-state index in [2.05, 4.69) is 185 Å². The Balaban J connectivity index is 1.12. The molecule has 0 saturated heterocycles. The van der Waals surface area contributed by atoms with Crippen LogP contribution >= 0.6 is 0 Å². The molecule has 10 aromatic carbocycles. The van der Waals surface area contributed by atoms with E-state index in [0.717, 1.165) is 44.2 Å². The van der Waals surface area contributed by atoms with Gasteiger partial charge in [-0.3, -0.25) is 0 Å². The smallest absolute Gasteiger partial charge is 0.164 e. The first kappa shape index (κ1) is 34.5. The predicted molar refractivity (Wildman–Crippen MR) is 257 cm³/mol. The predicted octanol–water partition coefficient (Wildman–Crippen LogP) is 14.5. The van der Waals surface area contributed by atoms with E-state index in [4.69, 9.17) is 15.0 Å². The molecule has 0 saturated carbocycles. The second kappa shape index (κ2) is 13.6. The number of rotatable bonds is 5. The molecule has 0 amide bonds. The molecule has 5 heteroatoms. The Hall–Kier alpha value is -8.41. The summed E-state index contributed by atoms with van der Waals surface area (Å²) in [5.41, 5.74) is 9.77. The van der Waals surface area contributed by atoms with Gasteiger partial charge < -0.3 is 9.13 Å². The average Bonchev–Trinajstić information content (AvgIpc) is 3.86. The lowest BCUT2D eigenvalue weighted by molar-refractivity contribution is 1.08. The highest BCUT2D eigenvalue weighted by Gasteiger charge is 2.24. The first-order valence-corrected chi connectivity index (χ1v) is 21.0. The van der Waals surface area contributed by atoms with Gasteiger partial charge in [-0.05, 0) is 57.9 Å². The van der Waals surface area contributed by atoms with Crippen LogP contribution in [0.15, 0.2) is 212 Å². The van der Waals surface area contributed by atoms with E-state index >= 15 is 0 Å². The van der Waals surface area contributed by atoms with Crippen molar-refractivity contribution in [1.29, 1.82) is 0 Å². The van der Waals surface area contributed by atoms with Crippen molar-refractivity contribution >= 4 is 75.9 Å².